The maximum absolute atomic E-state index is 12.9. The summed E-state index contributed by atoms with van der Waals surface area (Å²) in [5.41, 5.74) is 2.24. The van der Waals surface area contributed by atoms with Gasteiger partial charge < -0.3 is 10.6 Å². The molecule has 3 aromatic rings. The Morgan fingerprint density at radius 3 is 2.50 bits per heavy atom. The van der Waals surface area contributed by atoms with Gasteiger partial charge in [0, 0.05) is 18.4 Å². The van der Waals surface area contributed by atoms with Crippen molar-refractivity contribution in [2.75, 3.05) is 5.32 Å². The van der Waals surface area contributed by atoms with Crippen LogP contribution in [0.1, 0.15) is 21.6 Å². The number of halogens is 1. The lowest BCUT2D eigenvalue weighted by Gasteiger charge is -2.07. The summed E-state index contributed by atoms with van der Waals surface area (Å²) in [5, 5.41) is 14.5. The molecule has 2 aromatic carbocycles. The zero-order chi connectivity index (χ0) is 18.4. The molecule has 0 atom stereocenters. The van der Waals surface area contributed by atoms with E-state index in [-0.39, 0.29) is 29.9 Å². The maximum atomic E-state index is 12.9. The Labute approximate surface area is 149 Å². The summed E-state index contributed by atoms with van der Waals surface area (Å²) in [6.07, 6.45) is 1.48. The molecule has 1 amide bonds. The van der Waals surface area contributed by atoms with Crippen LogP contribution in [0.25, 0.3) is 0 Å². The highest BCUT2D eigenvalue weighted by atomic mass is 19.1. The standard InChI is InChI=1S/C19H14FN5O/c20-15-5-1-14(2-6-15)12-23-18(26)17-9-10-22-19(25-17)24-16-7-3-13(11-21)4-8-16/h1-10H,12H2,(H,23,26)(H,22,24,25). The fourth-order valence-corrected chi connectivity index (χ4v) is 2.18. The summed E-state index contributed by atoms with van der Waals surface area (Å²) in [7, 11) is 0. The third-order valence-electron chi connectivity index (χ3n) is 3.52. The lowest BCUT2D eigenvalue weighted by atomic mass is 10.2. The van der Waals surface area contributed by atoms with Crippen molar-refractivity contribution in [3.05, 3.63) is 83.4 Å². The summed E-state index contributed by atoms with van der Waals surface area (Å²) >= 11 is 0. The number of hydrogen-bond acceptors (Lipinski definition) is 5. The van der Waals surface area contributed by atoms with E-state index in [1.54, 1.807) is 36.4 Å². The molecule has 1 heterocycles. The molecule has 0 aliphatic heterocycles. The Balaban J connectivity index is 1.64. The Hall–Kier alpha value is -3.79. The van der Waals surface area contributed by atoms with Gasteiger partial charge in [0.05, 0.1) is 11.6 Å². The van der Waals surface area contributed by atoms with Gasteiger partial charge in [0.25, 0.3) is 5.91 Å². The molecule has 0 radical (unpaired) electrons. The molecule has 2 N–H and O–H groups in total. The molecule has 0 fully saturated rings. The van der Waals surface area contributed by atoms with Gasteiger partial charge in [-0.3, -0.25) is 4.79 Å². The molecule has 26 heavy (non-hydrogen) atoms. The lowest BCUT2D eigenvalue weighted by Crippen LogP contribution is -2.24. The average molecular weight is 347 g/mol. The maximum Gasteiger partial charge on any atom is 0.270 e. The van der Waals surface area contributed by atoms with E-state index < -0.39 is 0 Å². The molecular weight excluding hydrogens is 333 g/mol. The van der Waals surface area contributed by atoms with Crippen LogP contribution < -0.4 is 10.6 Å². The summed E-state index contributed by atoms with van der Waals surface area (Å²) in [6, 6.07) is 16.2. The number of nitriles is 1. The van der Waals surface area contributed by atoms with E-state index in [9.17, 15) is 9.18 Å². The van der Waals surface area contributed by atoms with Crippen molar-refractivity contribution >= 4 is 17.5 Å². The molecule has 0 saturated carbocycles. The van der Waals surface area contributed by atoms with Crippen LogP contribution in [-0.4, -0.2) is 15.9 Å². The topological polar surface area (TPSA) is 90.7 Å². The molecule has 0 aliphatic carbocycles. The number of hydrogen-bond donors (Lipinski definition) is 2. The summed E-state index contributed by atoms with van der Waals surface area (Å²) < 4.78 is 12.9. The summed E-state index contributed by atoms with van der Waals surface area (Å²) in [4.78, 5) is 20.5. The first-order valence-corrected chi connectivity index (χ1v) is 7.77. The third-order valence-corrected chi connectivity index (χ3v) is 3.52. The van der Waals surface area contributed by atoms with Gasteiger partial charge in [-0.1, -0.05) is 12.1 Å². The first-order chi connectivity index (χ1) is 12.6. The Morgan fingerprint density at radius 1 is 1.08 bits per heavy atom. The highest BCUT2D eigenvalue weighted by Gasteiger charge is 2.09. The number of nitrogens with one attached hydrogen (secondary N) is 2. The van der Waals surface area contributed by atoms with E-state index in [2.05, 4.69) is 20.6 Å². The van der Waals surface area contributed by atoms with Gasteiger partial charge >= 0.3 is 0 Å². The second-order valence-corrected chi connectivity index (χ2v) is 5.39. The van der Waals surface area contributed by atoms with Gasteiger partial charge in [-0.25, -0.2) is 14.4 Å². The highest BCUT2D eigenvalue weighted by molar-refractivity contribution is 5.92. The zero-order valence-electron chi connectivity index (χ0n) is 13.6. The quantitative estimate of drug-likeness (QED) is 0.740. The Bertz CT molecular complexity index is 949. The number of anilines is 2. The largest absolute Gasteiger partial charge is 0.347 e. The van der Waals surface area contributed by atoms with Crippen LogP contribution >= 0.6 is 0 Å². The van der Waals surface area contributed by atoms with Crippen LogP contribution in [0.2, 0.25) is 0 Å². The van der Waals surface area contributed by atoms with Crippen LogP contribution in [0.4, 0.5) is 16.0 Å². The molecule has 6 nitrogen and oxygen atoms in total. The summed E-state index contributed by atoms with van der Waals surface area (Å²) in [5.74, 6) is -0.418. The van der Waals surface area contributed by atoms with Crippen molar-refractivity contribution in [2.45, 2.75) is 6.54 Å². The number of aromatic nitrogens is 2. The van der Waals surface area contributed by atoms with Gasteiger partial charge in [0.1, 0.15) is 11.5 Å². The van der Waals surface area contributed by atoms with Crippen LogP contribution in [0, 0.1) is 17.1 Å². The first-order valence-electron chi connectivity index (χ1n) is 7.77. The zero-order valence-corrected chi connectivity index (χ0v) is 13.6. The molecule has 128 valence electrons. The third kappa shape index (κ3) is 4.39. The lowest BCUT2D eigenvalue weighted by molar-refractivity contribution is 0.0946. The molecule has 0 unspecified atom stereocenters. The second kappa shape index (κ2) is 7.85. The van der Waals surface area contributed by atoms with E-state index in [0.717, 1.165) is 5.56 Å². The van der Waals surface area contributed by atoms with Crippen molar-refractivity contribution in [3.63, 3.8) is 0 Å². The van der Waals surface area contributed by atoms with E-state index in [0.29, 0.717) is 11.3 Å². The average Bonchev–Trinajstić information content (AvgIpc) is 2.68. The van der Waals surface area contributed by atoms with Crippen molar-refractivity contribution < 1.29 is 9.18 Å². The van der Waals surface area contributed by atoms with E-state index in [1.807, 2.05) is 6.07 Å². The van der Waals surface area contributed by atoms with Gasteiger partial charge in [-0.2, -0.15) is 5.26 Å². The number of benzene rings is 2. The Kier molecular flexibility index (Phi) is 5.15. The number of nitrogens with zero attached hydrogens (tertiary/aromatic N) is 3. The predicted octanol–water partition coefficient (Wildman–Crippen LogP) is 3.16. The highest BCUT2D eigenvalue weighted by Crippen LogP contribution is 2.13. The van der Waals surface area contributed by atoms with E-state index >= 15 is 0 Å². The van der Waals surface area contributed by atoms with Crippen LogP contribution in [0.3, 0.4) is 0 Å². The van der Waals surface area contributed by atoms with Gasteiger partial charge in [-0.05, 0) is 48.0 Å². The number of rotatable bonds is 5. The Morgan fingerprint density at radius 2 is 1.81 bits per heavy atom. The van der Waals surface area contributed by atoms with Crippen LogP contribution in [-0.2, 0) is 6.54 Å². The molecule has 3 rings (SSSR count). The van der Waals surface area contributed by atoms with Gasteiger partial charge in [0.15, 0.2) is 0 Å². The second-order valence-electron chi connectivity index (χ2n) is 5.39. The molecule has 0 saturated heterocycles. The molecule has 0 bridgehead atoms. The minimum absolute atomic E-state index is 0.207. The first kappa shape index (κ1) is 17.0. The predicted molar refractivity (Wildman–Crippen MR) is 94.0 cm³/mol. The molecule has 7 heteroatoms. The van der Waals surface area contributed by atoms with Crippen molar-refractivity contribution in [2.24, 2.45) is 0 Å². The van der Waals surface area contributed by atoms with Crippen LogP contribution in [0.5, 0.6) is 0 Å². The van der Waals surface area contributed by atoms with E-state index in [1.165, 1.54) is 24.4 Å². The van der Waals surface area contributed by atoms with Crippen molar-refractivity contribution in [3.8, 4) is 6.07 Å². The molecule has 0 spiro atoms. The molecule has 0 aliphatic rings. The monoisotopic (exact) mass is 347 g/mol. The number of carbonyl (C=O) groups is 1. The van der Waals surface area contributed by atoms with Crippen molar-refractivity contribution in [1.82, 2.24) is 15.3 Å². The fraction of sp³-hybridized carbons (Fsp3) is 0.0526. The van der Waals surface area contributed by atoms with Crippen LogP contribution in [0.15, 0.2) is 60.8 Å². The van der Waals surface area contributed by atoms with E-state index in [4.69, 9.17) is 5.26 Å². The SMILES string of the molecule is N#Cc1ccc(Nc2nccc(C(=O)NCc3ccc(F)cc3)n2)cc1. The van der Waals surface area contributed by atoms with Gasteiger partial charge in [0.2, 0.25) is 5.95 Å². The number of amides is 1. The molecule has 1 aromatic heterocycles. The van der Waals surface area contributed by atoms with Gasteiger partial charge in [-0.15, -0.1) is 0 Å². The number of carbonyl (C=O) groups excluding carboxylic acids is 1. The normalized spacial score (nSPS) is 10.0. The van der Waals surface area contributed by atoms with Crippen molar-refractivity contribution in [1.29, 1.82) is 5.26 Å². The smallest absolute Gasteiger partial charge is 0.270 e. The molecular formula is C19H14FN5O. The minimum atomic E-state index is -0.361. The summed E-state index contributed by atoms with van der Waals surface area (Å²) in [6.45, 7) is 0.265. The minimum Gasteiger partial charge on any atom is -0.347 e. The fourth-order valence-electron chi connectivity index (χ4n) is 2.18.